The van der Waals surface area contributed by atoms with E-state index in [1.165, 1.54) is 0 Å². The molecule has 1 saturated heterocycles. The van der Waals surface area contributed by atoms with Crippen LogP contribution in [-0.4, -0.2) is 47.9 Å². The van der Waals surface area contributed by atoms with E-state index in [1.807, 2.05) is 47.4 Å². The number of carbonyl (C=O) groups is 2. The summed E-state index contributed by atoms with van der Waals surface area (Å²) in [5.74, 6) is 0.495. The van der Waals surface area contributed by atoms with Crippen LogP contribution in [0.5, 0.6) is 5.75 Å². The molecule has 0 bridgehead atoms. The van der Waals surface area contributed by atoms with E-state index < -0.39 is 6.04 Å². The molecule has 3 rings (SSSR count). The number of carbonyl (C=O) groups excluding carboxylic acids is 2. The van der Waals surface area contributed by atoms with Crippen LogP contribution < -0.4 is 15.4 Å². The highest BCUT2D eigenvalue weighted by Gasteiger charge is 2.31. The maximum absolute atomic E-state index is 12.4. The Morgan fingerprint density at radius 3 is 3.00 bits per heavy atom. The smallest absolute Gasteiger partial charge is 0.237 e. The Balaban J connectivity index is 1.61. The van der Waals surface area contributed by atoms with Crippen molar-refractivity contribution >= 4 is 11.8 Å². The summed E-state index contributed by atoms with van der Waals surface area (Å²) in [7, 11) is 1.63. The summed E-state index contributed by atoms with van der Waals surface area (Å²) in [5.41, 5.74) is 1.83. The Morgan fingerprint density at radius 2 is 2.22 bits per heavy atom. The fraction of sp³-hybridized carbons (Fsp3) is 0.350. The highest BCUT2D eigenvalue weighted by molar-refractivity contribution is 5.88. The van der Waals surface area contributed by atoms with E-state index in [-0.39, 0.29) is 18.2 Å². The first kappa shape index (κ1) is 18.8. The van der Waals surface area contributed by atoms with Gasteiger partial charge < -0.3 is 15.4 Å². The second-order valence-corrected chi connectivity index (χ2v) is 6.43. The first-order chi connectivity index (χ1) is 13.2. The van der Waals surface area contributed by atoms with Crippen molar-refractivity contribution in [2.24, 2.45) is 0 Å². The van der Waals surface area contributed by atoms with Crippen LogP contribution in [0.4, 0.5) is 0 Å². The van der Waals surface area contributed by atoms with Crippen LogP contribution in [0, 0.1) is 0 Å². The largest absolute Gasteiger partial charge is 0.497 e. The molecular weight excluding hydrogens is 344 g/mol. The molecule has 0 spiro atoms. The van der Waals surface area contributed by atoms with Gasteiger partial charge in [0.1, 0.15) is 5.75 Å². The average Bonchev–Trinajstić information content (AvgIpc) is 2.70. The molecule has 142 valence electrons. The number of rotatable bonds is 7. The van der Waals surface area contributed by atoms with Gasteiger partial charge in [-0.1, -0.05) is 18.2 Å². The van der Waals surface area contributed by atoms with Gasteiger partial charge in [-0.15, -0.1) is 0 Å². The van der Waals surface area contributed by atoms with E-state index in [0.717, 1.165) is 17.0 Å². The first-order valence-corrected chi connectivity index (χ1v) is 8.97. The molecule has 7 heteroatoms. The second-order valence-electron chi connectivity index (χ2n) is 6.43. The lowest BCUT2D eigenvalue weighted by molar-refractivity contribution is -0.134. The molecule has 2 N–H and O–H groups in total. The zero-order valence-electron chi connectivity index (χ0n) is 15.4. The van der Waals surface area contributed by atoms with Gasteiger partial charge in [-0.3, -0.25) is 19.5 Å². The van der Waals surface area contributed by atoms with Gasteiger partial charge in [0.15, 0.2) is 0 Å². The van der Waals surface area contributed by atoms with E-state index in [4.69, 9.17) is 4.74 Å². The van der Waals surface area contributed by atoms with Gasteiger partial charge in [-0.25, -0.2) is 0 Å². The Labute approximate surface area is 158 Å². The molecule has 2 heterocycles. The number of aromatic nitrogens is 1. The van der Waals surface area contributed by atoms with Crippen molar-refractivity contribution in [3.63, 3.8) is 0 Å². The lowest BCUT2D eigenvalue weighted by Gasteiger charge is -2.34. The molecule has 2 aromatic rings. The highest BCUT2D eigenvalue weighted by atomic mass is 16.5. The molecule has 1 aliphatic rings. The Hall–Kier alpha value is -2.93. The van der Waals surface area contributed by atoms with Crippen molar-refractivity contribution < 1.29 is 14.3 Å². The highest BCUT2D eigenvalue weighted by Crippen LogP contribution is 2.18. The number of ether oxygens (including phenoxy) is 1. The zero-order valence-corrected chi connectivity index (χ0v) is 15.4. The van der Waals surface area contributed by atoms with Gasteiger partial charge in [0.05, 0.1) is 31.8 Å². The van der Waals surface area contributed by atoms with E-state index in [0.29, 0.717) is 26.2 Å². The van der Waals surface area contributed by atoms with Gasteiger partial charge in [0.25, 0.3) is 0 Å². The normalized spacial score (nSPS) is 17.2. The van der Waals surface area contributed by atoms with Crippen molar-refractivity contribution in [2.75, 3.05) is 20.2 Å². The van der Waals surface area contributed by atoms with Crippen LogP contribution in [0.25, 0.3) is 0 Å². The van der Waals surface area contributed by atoms with Crippen LogP contribution >= 0.6 is 0 Å². The summed E-state index contributed by atoms with van der Waals surface area (Å²) >= 11 is 0. The van der Waals surface area contributed by atoms with Gasteiger partial charge in [-0.05, 0) is 29.8 Å². The molecule has 1 aliphatic heterocycles. The van der Waals surface area contributed by atoms with E-state index in [2.05, 4.69) is 15.6 Å². The summed E-state index contributed by atoms with van der Waals surface area (Å²) in [6, 6.07) is 12.8. The summed E-state index contributed by atoms with van der Waals surface area (Å²) < 4.78 is 5.26. The number of nitrogens with one attached hydrogen (secondary N) is 2. The van der Waals surface area contributed by atoms with Crippen molar-refractivity contribution in [1.82, 2.24) is 20.5 Å². The summed E-state index contributed by atoms with van der Waals surface area (Å²) in [6.07, 6.45) is 1.80. The third-order valence-corrected chi connectivity index (χ3v) is 4.53. The summed E-state index contributed by atoms with van der Waals surface area (Å²) in [4.78, 5) is 30.9. The number of methoxy groups -OCH3 is 1. The number of hydrogen-bond acceptors (Lipinski definition) is 5. The first-order valence-electron chi connectivity index (χ1n) is 8.97. The lowest BCUT2D eigenvalue weighted by Crippen LogP contribution is -2.56. The van der Waals surface area contributed by atoms with Crippen molar-refractivity contribution in [3.8, 4) is 5.75 Å². The number of hydrogen-bond donors (Lipinski definition) is 2. The minimum absolute atomic E-state index is 0.114. The van der Waals surface area contributed by atoms with Crippen molar-refractivity contribution in [1.29, 1.82) is 0 Å². The second kappa shape index (κ2) is 9.14. The molecule has 7 nitrogen and oxygen atoms in total. The molecular formula is C20H24N4O3. The van der Waals surface area contributed by atoms with Crippen LogP contribution in [0.3, 0.4) is 0 Å². The van der Waals surface area contributed by atoms with E-state index >= 15 is 0 Å². The third kappa shape index (κ3) is 5.27. The monoisotopic (exact) mass is 368 g/mol. The Morgan fingerprint density at radius 1 is 1.33 bits per heavy atom. The van der Waals surface area contributed by atoms with E-state index in [1.54, 1.807) is 13.3 Å². The van der Waals surface area contributed by atoms with Crippen molar-refractivity contribution in [2.45, 2.75) is 25.6 Å². The molecule has 0 saturated carbocycles. The molecule has 1 aromatic heterocycles. The fourth-order valence-corrected chi connectivity index (χ4v) is 3.12. The zero-order chi connectivity index (χ0) is 19.1. The van der Waals surface area contributed by atoms with Crippen molar-refractivity contribution in [3.05, 3.63) is 59.9 Å². The molecule has 1 fully saturated rings. The number of benzene rings is 1. The van der Waals surface area contributed by atoms with Crippen LogP contribution in [0.2, 0.25) is 0 Å². The van der Waals surface area contributed by atoms with Crippen LogP contribution in [0.15, 0.2) is 48.7 Å². The quantitative estimate of drug-likeness (QED) is 0.765. The molecule has 1 unspecified atom stereocenters. The molecule has 27 heavy (non-hydrogen) atoms. The predicted octanol–water partition coefficient (Wildman–Crippen LogP) is 1.10. The Bertz CT molecular complexity index is 782. The number of nitrogens with zero attached hydrogens (tertiary/aromatic N) is 2. The molecule has 0 radical (unpaired) electrons. The molecule has 2 amide bonds. The summed E-state index contributed by atoms with van der Waals surface area (Å²) in [5, 5.41) is 5.69. The average molecular weight is 368 g/mol. The van der Waals surface area contributed by atoms with Crippen LogP contribution in [-0.2, 0) is 22.7 Å². The maximum Gasteiger partial charge on any atom is 0.237 e. The number of piperazine rings is 1. The minimum atomic E-state index is -0.492. The SMILES string of the molecule is COc1cccc(CN2CCNC(=O)C2CC(=O)NCc2ccccn2)c1. The molecule has 0 aliphatic carbocycles. The summed E-state index contributed by atoms with van der Waals surface area (Å²) in [6.45, 7) is 2.21. The van der Waals surface area contributed by atoms with Gasteiger partial charge in [-0.2, -0.15) is 0 Å². The van der Waals surface area contributed by atoms with Gasteiger partial charge in [0.2, 0.25) is 11.8 Å². The van der Waals surface area contributed by atoms with Crippen LogP contribution in [0.1, 0.15) is 17.7 Å². The molecule has 1 atom stereocenters. The predicted molar refractivity (Wildman–Crippen MR) is 101 cm³/mol. The van der Waals surface area contributed by atoms with E-state index in [9.17, 15) is 9.59 Å². The molecule has 1 aromatic carbocycles. The standard InChI is InChI=1S/C20H24N4O3/c1-27-17-7-4-5-15(11-17)14-24-10-9-22-20(26)18(24)12-19(25)23-13-16-6-2-3-8-21-16/h2-8,11,18H,9-10,12-14H2,1H3,(H,22,26)(H,23,25). The topological polar surface area (TPSA) is 83.6 Å². The number of amides is 2. The third-order valence-electron chi connectivity index (χ3n) is 4.53. The van der Waals surface area contributed by atoms with Gasteiger partial charge in [0, 0.05) is 25.8 Å². The maximum atomic E-state index is 12.4. The number of pyridine rings is 1. The van der Waals surface area contributed by atoms with Gasteiger partial charge >= 0.3 is 0 Å². The lowest BCUT2D eigenvalue weighted by atomic mass is 10.1. The minimum Gasteiger partial charge on any atom is -0.497 e. The Kier molecular flexibility index (Phi) is 6.38. The fourth-order valence-electron chi connectivity index (χ4n) is 3.12.